The van der Waals surface area contributed by atoms with Crippen LogP contribution in [0.25, 0.3) is 28.2 Å². The van der Waals surface area contributed by atoms with Crippen molar-refractivity contribution in [1.82, 2.24) is 14.4 Å². The first kappa shape index (κ1) is 17.7. The highest BCUT2D eigenvalue weighted by molar-refractivity contribution is 7.71. The number of nitrogens with zero attached hydrogens (tertiary/aromatic N) is 3. The van der Waals surface area contributed by atoms with Crippen LogP contribution >= 0.6 is 35.4 Å². The van der Waals surface area contributed by atoms with Crippen LogP contribution in [0.3, 0.4) is 0 Å². The molecule has 134 valence electrons. The molecule has 6 nitrogen and oxygen atoms in total. The molecule has 0 bridgehead atoms. The minimum atomic E-state index is -0.436. The van der Waals surface area contributed by atoms with Gasteiger partial charge in [-0.3, -0.25) is 14.5 Å². The summed E-state index contributed by atoms with van der Waals surface area (Å²) in [5.74, 6) is 0.558. The summed E-state index contributed by atoms with van der Waals surface area (Å²) in [6.07, 6.45) is 3.46. The van der Waals surface area contributed by atoms with Gasteiger partial charge in [-0.15, -0.1) is 0 Å². The van der Waals surface area contributed by atoms with Crippen LogP contribution in [-0.4, -0.2) is 19.3 Å². The van der Waals surface area contributed by atoms with Crippen molar-refractivity contribution in [3.05, 3.63) is 79.7 Å². The topological polar surface area (TPSA) is 76.2 Å². The van der Waals surface area contributed by atoms with Crippen LogP contribution in [0.5, 0.6) is 0 Å². The summed E-state index contributed by atoms with van der Waals surface area (Å²) in [5, 5.41) is 11.8. The molecule has 4 aromatic rings. The van der Waals surface area contributed by atoms with Crippen LogP contribution in [0.2, 0.25) is 10.0 Å². The van der Waals surface area contributed by atoms with E-state index < -0.39 is 4.92 Å². The van der Waals surface area contributed by atoms with Crippen molar-refractivity contribution in [2.45, 2.75) is 0 Å². The fourth-order valence-corrected chi connectivity index (χ4v) is 3.58. The average Bonchev–Trinajstić information content (AvgIpc) is 3.08. The van der Waals surface area contributed by atoms with Gasteiger partial charge in [0, 0.05) is 46.2 Å². The van der Waals surface area contributed by atoms with Gasteiger partial charge in [-0.1, -0.05) is 41.5 Å². The number of aromatic nitrogens is 3. The smallest absolute Gasteiger partial charge is 0.269 e. The van der Waals surface area contributed by atoms with Gasteiger partial charge in [0.1, 0.15) is 4.64 Å². The van der Waals surface area contributed by atoms with E-state index in [-0.39, 0.29) is 5.69 Å². The number of benzene rings is 2. The molecule has 9 heteroatoms. The third kappa shape index (κ3) is 3.21. The molecular weight excluding hydrogens is 407 g/mol. The maximum Gasteiger partial charge on any atom is 0.269 e. The average molecular weight is 417 g/mol. The third-order valence-corrected chi connectivity index (χ3v) is 5.07. The Hall–Kier alpha value is -2.74. The molecule has 0 spiro atoms. The summed E-state index contributed by atoms with van der Waals surface area (Å²) >= 11 is 17.9. The molecule has 2 aromatic heterocycles. The second-order valence-electron chi connectivity index (χ2n) is 5.77. The predicted molar refractivity (Wildman–Crippen MR) is 108 cm³/mol. The van der Waals surface area contributed by atoms with Crippen LogP contribution < -0.4 is 0 Å². The van der Waals surface area contributed by atoms with Crippen LogP contribution in [-0.2, 0) is 0 Å². The summed E-state index contributed by atoms with van der Waals surface area (Å²) in [6, 6.07) is 11.4. The normalized spacial score (nSPS) is 11.0. The first-order chi connectivity index (χ1) is 12.9. The van der Waals surface area contributed by atoms with Crippen molar-refractivity contribution >= 4 is 46.9 Å². The SMILES string of the molecule is O=[N+]([O-])c1ccc(-c2cn3c(=S)c(-c4ccc(Cl)cc4Cl)cnc3[nH]2)cc1. The van der Waals surface area contributed by atoms with Crippen LogP contribution in [0.4, 0.5) is 5.69 Å². The molecule has 2 aromatic carbocycles. The van der Waals surface area contributed by atoms with Gasteiger partial charge in [0.15, 0.2) is 0 Å². The van der Waals surface area contributed by atoms with Crippen LogP contribution in [0.15, 0.2) is 54.9 Å². The Kier molecular flexibility index (Phi) is 4.43. The first-order valence-electron chi connectivity index (χ1n) is 7.74. The number of fused-ring (bicyclic) bond motifs is 1. The van der Waals surface area contributed by atoms with Crippen molar-refractivity contribution in [1.29, 1.82) is 0 Å². The van der Waals surface area contributed by atoms with Crippen LogP contribution in [0, 0.1) is 14.8 Å². The molecular formula is C18H10Cl2N4O2S. The molecule has 0 radical (unpaired) electrons. The van der Waals surface area contributed by atoms with E-state index in [1.807, 2.05) is 0 Å². The summed E-state index contributed by atoms with van der Waals surface area (Å²) in [5.41, 5.74) is 3.00. The standard InChI is InChI=1S/C18H10Cl2N4O2S/c19-11-3-6-13(15(20)7-11)14-8-21-18-22-16(9-23(18)17(14)27)10-1-4-12(5-2-10)24(25)26/h1-9H,(H,21,22). The minimum absolute atomic E-state index is 0.0317. The summed E-state index contributed by atoms with van der Waals surface area (Å²) in [6.45, 7) is 0. The van der Waals surface area contributed by atoms with Gasteiger partial charge in [0.2, 0.25) is 5.78 Å². The number of halogens is 2. The Morgan fingerprint density at radius 2 is 1.85 bits per heavy atom. The lowest BCUT2D eigenvalue weighted by Gasteiger charge is -2.05. The largest absolute Gasteiger partial charge is 0.323 e. The number of non-ortho nitro benzene ring substituents is 1. The quantitative estimate of drug-likeness (QED) is 0.254. The molecule has 0 aliphatic heterocycles. The fourth-order valence-electron chi connectivity index (χ4n) is 2.77. The highest BCUT2D eigenvalue weighted by Crippen LogP contribution is 2.31. The number of hydrogen-bond donors (Lipinski definition) is 1. The van der Waals surface area contributed by atoms with E-state index in [0.717, 1.165) is 16.8 Å². The van der Waals surface area contributed by atoms with Crippen molar-refractivity contribution in [2.75, 3.05) is 0 Å². The molecule has 0 atom stereocenters. The zero-order valence-electron chi connectivity index (χ0n) is 13.5. The Labute approximate surface area is 168 Å². The third-order valence-electron chi connectivity index (χ3n) is 4.11. The Morgan fingerprint density at radius 1 is 1.11 bits per heavy atom. The zero-order valence-corrected chi connectivity index (χ0v) is 15.8. The highest BCUT2D eigenvalue weighted by Gasteiger charge is 2.12. The van der Waals surface area contributed by atoms with Gasteiger partial charge >= 0.3 is 0 Å². The maximum absolute atomic E-state index is 10.8. The summed E-state index contributed by atoms with van der Waals surface area (Å²) in [4.78, 5) is 17.9. The minimum Gasteiger partial charge on any atom is -0.323 e. The highest BCUT2D eigenvalue weighted by atomic mass is 35.5. The molecule has 0 aliphatic rings. The molecule has 4 rings (SSSR count). The van der Waals surface area contributed by atoms with Crippen molar-refractivity contribution in [2.24, 2.45) is 0 Å². The van der Waals surface area contributed by atoms with Gasteiger partial charge in [0.05, 0.1) is 15.6 Å². The Balaban J connectivity index is 1.82. The number of imidazole rings is 1. The van der Waals surface area contributed by atoms with Gasteiger partial charge < -0.3 is 4.98 Å². The fraction of sp³-hybridized carbons (Fsp3) is 0. The van der Waals surface area contributed by atoms with E-state index in [1.54, 1.807) is 47.1 Å². The second kappa shape index (κ2) is 6.77. The predicted octanol–water partition coefficient (Wildman–Crippen LogP) is 5.94. The van der Waals surface area contributed by atoms with Crippen molar-refractivity contribution in [3.63, 3.8) is 0 Å². The lowest BCUT2D eigenvalue weighted by atomic mass is 10.1. The number of nitro groups is 1. The van der Waals surface area contributed by atoms with E-state index >= 15 is 0 Å². The van der Waals surface area contributed by atoms with Crippen molar-refractivity contribution < 1.29 is 4.92 Å². The zero-order chi connectivity index (χ0) is 19.1. The molecule has 2 heterocycles. The number of nitro benzene ring substituents is 1. The van der Waals surface area contributed by atoms with Crippen molar-refractivity contribution in [3.8, 4) is 22.4 Å². The molecule has 0 fully saturated rings. The van der Waals surface area contributed by atoms with Crippen LogP contribution in [0.1, 0.15) is 0 Å². The summed E-state index contributed by atoms with van der Waals surface area (Å²) in [7, 11) is 0. The number of H-pyrrole nitrogens is 1. The number of nitrogens with one attached hydrogen (secondary N) is 1. The van der Waals surface area contributed by atoms with Gasteiger partial charge in [-0.2, -0.15) is 0 Å². The molecule has 0 aliphatic carbocycles. The Bertz CT molecular complexity index is 1250. The van der Waals surface area contributed by atoms with Gasteiger partial charge in [-0.05, 0) is 24.3 Å². The molecule has 27 heavy (non-hydrogen) atoms. The van der Waals surface area contributed by atoms with E-state index in [2.05, 4.69) is 9.97 Å². The van der Waals surface area contributed by atoms with E-state index in [1.165, 1.54) is 12.1 Å². The van der Waals surface area contributed by atoms with E-state index in [0.29, 0.717) is 26.0 Å². The molecule has 0 amide bonds. The summed E-state index contributed by atoms with van der Waals surface area (Å²) < 4.78 is 2.28. The van der Waals surface area contributed by atoms with E-state index in [4.69, 9.17) is 35.4 Å². The lowest BCUT2D eigenvalue weighted by molar-refractivity contribution is -0.384. The number of aromatic amines is 1. The van der Waals surface area contributed by atoms with E-state index in [9.17, 15) is 10.1 Å². The molecule has 0 saturated heterocycles. The number of rotatable bonds is 3. The Morgan fingerprint density at radius 3 is 2.52 bits per heavy atom. The monoisotopic (exact) mass is 416 g/mol. The molecule has 1 N–H and O–H groups in total. The van der Waals surface area contributed by atoms with Gasteiger partial charge in [0.25, 0.3) is 5.69 Å². The second-order valence-corrected chi connectivity index (χ2v) is 7.00. The molecule has 0 saturated carbocycles. The molecule has 0 unspecified atom stereocenters. The maximum atomic E-state index is 10.8. The number of hydrogen-bond acceptors (Lipinski definition) is 4. The van der Waals surface area contributed by atoms with Gasteiger partial charge in [-0.25, -0.2) is 4.98 Å². The lowest BCUT2D eigenvalue weighted by Crippen LogP contribution is -1.93. The first-order valence-corrected chi connectivity index (χ1v) is 8.91.